The van der Waals surface area contributed by atoms with Gasteiger partial charge >= 0.3 is 5.97 Å². The Balaban J connectivity index is 1.46. The highest BCUT2D eigenvalue weighted by atomic mass is 32.2. The molecule has 0 bridgehead atoms. The number of carbonyl (C=O) groups excluding carboxylic acids is 1. The molecule has 0 aromatic heterocycles. The predicted octanol–water partition coefficient (Wildman–Crippen LogP) is 0.913. The summed E-state index contributed by atoms with van der Waals surface area (Å²) >= 11 is 0. The van der Waals surface area contributed by atoms with Gasteiger partial charge in [-0.25, -0.2) is 8.42 Å². The Morgan fingerprint density at radius 1 is 1.00 bits per heavy atom. The van der Waals surface area contributed by atoms with Crippen LogP contribution in [0.15, 0.2) is 59.5 Å². The number of nitrogens with one attached hydrogen (secondary N) is 3. The van der Waals surface area contributed by atoms with Crippen LogP contribution < -0.4 is 16.0 Å². The van der Waals surface area contributed by atoms with Gasteiger partial charge in [-0.1, -0.05) is 30.3 Å². The van der Waals surface area contributed by atoms with Gasteiger partial charge in [-0.15, -0.1) is 0 Å². The molecule has 10 heteroatoms. The lowest BCUT2D eigenvalue weighted by Gasteiger charge is -2.38. The number of rotatable bonds is 9. The van der Waals surface area contributed by atoms with Crippen LogP contribution in [0.5, 0.6) is 0 Å². The molecule has 2 heterocycles. The molecule has 4 N–H and O–H groups in total. The third-order valence-electron chi connectivity index (χ3n) is 7.07. The molecule has 9 nitrogen and oxygen atoms in total. The maximum absolute atomic E-state index is 13.6. The minimum absolute atomic E-state index is 0.0216. The number of hydrogen-bond acceptors (Lipinski definition) is 7. The lowest BCUT2D eigenvalue weighted by Crippen LogP contribution is -2.59. The van der Waals surface area contributed by atoms with Crippen LogP contribution in [0.2, 0.25) is 0 Å². The molecule has 2 aliphatic rings. The Morgan fingerprint density at radius 2 is 1.69 bits per heavy atom. The summed E-state index contributed by atoms with van der Waals surface area (Å²) in [4.78, 5) is 26.8. The number of sulfone groups is 1. The van der Waals surface area contributed by atoms with Crippen molar-refractivity contribution in [3.8, 4) is 0 Å². The molecule has 0 radical (unpaired) electrons. The van der Waals surface area contributed by atoms with Crippen molar-refractivity contribution in [1.29, 1.82) is 0 Å². The summed E-state index contributed by atoms with van der Waals surface area (Å²) in [5, 5.41) is 19.3. The van der Waals surface area contributed by atoms with Gasteiger partial charge in [0, 0.05) is 44.8 Å². The fraction of sp³-hybridized carbons (Fsp3) is 0.462. The Morgan fingerprint density at radius 3 is 2.31 bits per heavy atom. The first-order valence-corrected chi connectivity index (χ1v) is 13.9. The van der Waals surface area contributed by atoms with Crippen LogP contribution in [0.3, 0.4) is 0 Å². The van der Waals surface area contributed by atoms with Gasteiger partial charge in [0.1, 0.15) is 10.8 Å². The fourth-order valence-electron chi connectivity index (χ4n) is 4.89. The van der Waals surface area contributed by atoms with Gasteiger partial charge in [0.15, 0.2) is 9.84 Å². The molecule has 0 saturated carbocycles. The van der Waals surface area contributed by atoms with Crippen LogP contribution in [0.1, 0.15) is 28.8 Å². The molecule has 2 fully saturated rings. The standard InChI is InChI=1S/C26H34N4O5S/c31-24(30-15-13-27-14-16-30)21-9-7-20(8-10-21)17-23(25(32)33)29-19-26(11-4-12-28-18-26)36(34,35)22-5-2-1-3-6-22/h1-3,5-10,23,27-29H,4,11-19H2,(H,32,33)/t23-,26?/m0/s1. The molecular weight excluding hydrogens is 480 g/mol. The molecule has 36 heavy (non-hydrogen) atoms. The Kier molecular flexibility index (Phi) is 8.40. The number of carboxylic acid groups (broad SMARTS) is 1. The average molecular weight is 515 g/mol. The van der Waals surface area contributed by atoms with E-state index in [1.165, 1.54) is 0 Å². The molecule has 1 unspecified atom stereocenters. The van der Waals surface area contributed by atoms with Gasteiger partial charge in [0.25, 0.3) is 5.91 Å². The molecule has 2 aliphatic heterocycles. The smallest absolute Gasteiger partial charge is 0.321 e. The molecule has 2 atom stereocenters. The first-order valence-electron chi connectivity index (χ1n) is 12.4. The second kappa shape index (κ2) is 11.5. The van der Waals surface area contributed by atoms with Crippen LogP contribution in [0.25, 0.3) is 0 Å². The number of benzene rings is 2. The number of nitrogens with zero attached hydrogens (tertiary/aromatic N) is 1. The van der Waals surface area contributed by atoms with E-state index in [0.29, 0.717) is 31.5 Å². The zero-order valence-electron chi connectivity index (χ0n) is 20.3. The van der Waals surface area contributed by atoms with Crippen LogP contribution in [0.4, 0.5) is 0 Å². The van der Waals surface area contributed by atoms with E-state index >= 15 is 0 Å². The van der Waals surface area contributed by atoms with E-state index in [2.05, 4.69) is 16.0 Å². The highest BCUT2D eigenvalue weighted by Crippen LogP contribution is 2.31. The summed E-state index contributed by atoms with van der Waals surface area (Å²) in [6, 6.07) is 14.4. The third kappa shape index (κ3) is 5.78. The van der Waals surface area contributed by atoms with Crippen molar-refractivity contribution >= 4 is 21.7 Å². The summed E-state index contributed by atoms with van der Waals surface area (Å²) in [6.45, 7) is 3.87. The first kappa shape index (κ1) is 26.3. The van der Waals surface area contributed by atoms with E-state index in [-0.39, 0.29) is 30.3 Å². The molecule has 0 spiro atoms. The minimum Gasteiger partial charge on any atom is -0.480 e. The number of hydrogen-bond donors (Lipinski definition) is 4. The van der Waals surface area contributed by atoms with Crippen LogP contribution in [-0.4, -0.2) is 86.9 Å². The van der Waals surface area contributed by atoms with Crippen molar-refractivity contribution in [1.82, 2.24) is 20.9 Å². The minimum atomic E-state index is -3.71. The SMILES string of the molecule is O=C(O)[C@H](Cc1ccc(C(=O)N2CCNCC2)cc1)NCC1(S(=O)(=O)c2ccccc2)CCCNC1. The maximum atomic E-state index is 13.6. The Bertz CT molecular complexity index is 1140. The quantitative estimate of drug-likeness (QED) is 0.389. The molecule has 0 aliphatic carbocycles. The van der Waals surface area contributed by atoms with E-state index in [9.17, 15) is 23.1 Å². The number of carboxylic acids is 1. The number of amides is 1. The summed E-state index contributed by atoms with van der Waals surface area (Å²) in [6.07, 6.45) is 1.31. The number of aliphatic carboxylic acids is 1. The van der Waals surface area contributed by atoms with E-state index in [4.69, 9.17) is 0 Å². The van der Waals surface area contributed by atoms with Gasteiger partial charge in [0.2, 0.25) is 0 Å². The number of piperidine rings is 1. The maximum Gasteiger partial charge on any atom is 0.321 e. The fourth-order valence-corrected chi connectivity index (χ4v) is 6.88. The van der Waals surface area contributed by atoms with Crippen molar-refractivity contribution in [3.05, 3.63) is 65.7 Å². The zero-order valence-corrected chi connectivity index (χ0v) is 21.1. The molecule has 4 rings (SSSR count). The summed E-state index contributed by atoms with van der Waals surface area (Å²) in [5.41, 5.74) is 1.33. The lowest BCUT2D eigenvalue weighted by atomic mass is 9.97. The number of piperazine rings is 1. The van der Waals surface area contributed by atoms with Gasteiger partial charge < -0.3 is 26.0 Å². The summed E-state index contributed by atoms with van der Waals surface area (Å²) in [7, 11) is -3.71. The van der Waals surface area contributed by atoms with E-state index in [0.717, 1.165) is 25.2 Å². The largest absolute Gasteiger partial charge is 0.480 e. The van der Waals surface area contributed by atoms with E-state index in [1.807, 2.05) is 0 Å². The lowest BCUT2D eigenvalue weighted by molar-refractivity contribution is -0.139. The Hall–Kier alpha value is -2.79. The molecule has 2 saturated heterocycles. The predicted molar refractivity (Wildman–Crippen MR) is 137 cm³/mol. The van der Waals surface area contributed by atoms with Gasteiger partial charge in [-0.2, -0.15) is 0 Å². The Labute approximate surface area is 212 Å². The topological polar surface area (TPSA) is 128 Å². The number of carbonyl (C=O) groups is 2. The highest BCUT2D eigenvalue weighted by Gasteiger charge is 2.46. The van der Waals surface area contributed by atoms with Gasteiger partial charge in [0.05, 0.1) is 4.90 Å². The molecule has 2 aromatic rings. The van der Waals surface area contributed by atoms with Crippen molar-refractivity contribution < 1.29 is 23.1 Å². The monoisotopic (exact) mass is 514 g/mol. The molecule has 2 aromatic carbocycles. The van der Waals surface area contributed by atoms with Crippen LogP contribution >= 0.6 is 0 Å². The van der Waals surface area contributed by atoms with Crippen molar-refractivity contribution in [3.63, 3.8) is 0 Å². The van der Waals surface area contributed by atoms with Crippen LogP contribution in [-0.2, 0) is 21.1 Å². The summed E-state index contributed by atoms with van der Waals surface area (Å²) < 4.78 is 26.1. The molecular formula is C26H34N4O5S. The van der Waals surface area contributed by atoms with E-state index in [1.54, 1.807) is 59.5 Å². The third-order valence-corrected chi connectivity index (χ3v) is 9.60. The normalized spacial score (nSPS) is 21.6. The van der Waals surface area contributed by atoms with Crippen molar-refractivity contribution in [2.24, 2.45) is 0 Å². The van der Waals surface area contributed by atoms with E-state index < -0.39 is 26.6 Å². The van der Waals surface area contributed by atoms with Crippen LogP contribution in [0, 0.1) is 0 Å². The zero-order chi connectivity index (χ0) is 25.6. The second-order valence-electron chi connectivity index (χ2n) is 9.49. The summed E-state index contributed by atoms with van der Waals surface area (Å²) in [5.74, 6) is -1.08. The highest BCUT2D eigenvalue weighted by molar-refractivity contribution is 7.93. The molecule has 194 valence electrons. The second-order valence-corrected chi connectivity index (χ2v) is 11.8. The average Bonchev–Trinajstić information content (AvgIpc) is 2.92. The van der Waals surface area contributed by atoms with Gasteiger partial charge in [-0.05, 0) is 55.6 Å². The van der Waals surface area contributed by atoms with Crippen molar-refractivity contribution in [2.45, 2.75) is 34.9 Å². The van der Waals surface area contributed by atoms with Gasteiger partial charge in [-0.3, -0.25) is 9.59 Å². The first-order chi connectivity index (χ1) is 17.3. The molecule has 1 amide bonds. The van der Waals surface area contributed by atoms with Crippen molar-refractivity contribution in [2.75, 3.05) is 45.8 Å².